The minimum Gasteiger partial charge on any atom is -0.394 e. The van der Waals surface area contributed by atoms with E-state index in [4.69, 9.17) is 0 Å². The van der Waals surface area contributed by atoms with Crippen LogP contribution in [0.1, 0.15) is 142 Å². The molecule has 0 aromatic rings. The smallest absolute Gasteiger partial charge is 0.220 e. The van der Waals surface area contributed by atoms with Crippen molar-refractivity contribution in [2.24, 2.45) is 0 Å². The van der Waals surface area contributed by atoms with E-state index in [0.29, 0.717) is 6.42 Å². The van der Waals surface area contributed by atoms with Gasteiger partial charge < -0.3 is 15.5 Å². The molecule has 2 unspecified atom stereocenters. The number of unbranched alkanes of at least 4 members (excludes halogenated alkanes) is 11. The number of aliphatic hydroxyl groups excluding tert-OH is 2. The molecular weight excluding hydrogens is 542 g/mol. The first-order chi connectivity index (χ1) is 21.7. The van der Waals surface area contributed by atoms with Crippen LogP contribution in [0.5, 0.6) is 0 Å². The van der Waals surface area contributed by atoms with Gasteiger partial charge in [-0.15, -0.1) is 0 Å². The number of nitrogens with one attached hydrogen (secondary N) is 1. The summed E-state index contributed by atoms with van der Waals surface area (Å²) in [6.45, 7) is 4.12. The number of aliphatic hydroxyl groups is 2. The van der Waals surface area contributed by atoms with E-state index in [1.165, 1.54) is 51.4 Å². The fraction of sp³-hybridized carbons (Fsp3) is 0.625. The largest absolute Gasteiger partial charge is 0.394 e. The summed E-state index contributed by atoms with van der Waals surface area (Å²) < 4.78 is 0. The van der Waals surface area contributed by atoms with Crippen molar-refractivity contribution in [1.29, 1.82) is 0 Å². The third-order valence-electron chi connectivity index (χ3n) is 7.34. The fourth-order valence-corrected chi connectivity index (χ4v) is 4.61. The molecule has 0 bridgehead atoms. The van der Waals surface area contributed by atoms with Crippen molar-refractivity contribution in [3.05, 3.63) is 85.1 Å². The second kappa shape index (κ2) is 35.1. The van der Waals surface area contributed by atoms with Crippen LogP contribution in [0.2, 0.25) is 0 Å². The van der Waals surface area contributed by atoms with Crippen LogP contribution in [0.3, 0.4) is 0 Å². The van der Waals surface area contributed by atoms with Crippen LogP contribution < -0.4 is 5.32 Å². The number of carbonyl (C=O) groups excluding carboxylic acids is 1. The number of hydrogen-bond acceptors (Lipinski definition) is 3. The number of hydrogen-bond donors (Lipinski definition) is 3. The molecule has 0 spiro atoms. The lowest BCUT2D eigenvalue weighted by Crippen LogP contribution is -2.45. The zero-order valence-electron chi connectivity index (χ0n) is 28.4. The Morgan fingerprint density at radius 2 is 1.02 bits per heavy atom. The van der Waals surface area contributed by atoms with E-state index < -0.39 is 12.1 Å². The molecule has 0 aromatic heterocycles. The summed E-state index contributed by atoms with van der Waals surface area (Å²) in [6, 6.07) is -0.670. The average Bonchev–Trinajstić information content (AvgIpc) is 3.03. The van der Waals surface area contributed by atoms with Gasteiger partial charge in [0.1, 0.15) is 0 Å². The zero-order chi connectivity index (χ0) is 32.2. The molecule has 0 aliphatic heterocycles. The molecule has 0 fully saturated rings. The van der Waals surface area contributed by atoms with Crippen molar-refractivity contribution in [3.63, 3.8) is 0 Å². The van der Waals surface area contributed by atoms with Gasteiger partial charge in [0, 0.05) is 6.42 Å². The maximum atomic E-state index is 12.3. The highest BCUT2D eigenvalue weighted by Gasteiger charge is 2.17. The van der Waals surface area contributed by atoms with E-state index in [9.17, 15) is 15.0 Å². The van der Waals surface area contributed by atoms with Crippen molar-refractivity contribution in [3.8, 4) is 0 Å². The molecule has 0 saturated heterocycles. The van der Waals surface area contributed by atoms with Crippen molar-refractivity contribution < 1.29 is 15.0 Å². The normalized spacial score (nSPS) is 14.2. The Morgan fingerprint density at radius 3 is 1.59 bits per heavy atom. The first kappa shape index (κ1) is 41.6. The van der Waals surface area contributed by atoms with Gasteiger partial charge in [-0.1, -0.05) is 137 Å². The second-order valence-corrected chi connectivity index (χ2v) is 11.5. The molecule has 4 nitrogen and oxygen atoms in total. The number of amides is 1. The minimum atomic E-state index is -0.890. The molecule has 0 aliphatic rings. The molecule has 0 saturated carbocycles. The van der Waals surface area contributed by atoms with Crippen LogP contribution >= 0.6 is 0 Å². The van der Waals surface area contributed by atoms with Crippen molar-refractivity contribution in [1.82, 2.24) is 5.32 Å². The van der Waals surface area contributed by atoms with Gasteiger partial charge in [-0.25, -0.2) is 0 Å². The maximum Gasteiger partial charge on any atom is 0.220 e. The first-order valence-electron chi connectivity index (χ1n) is 17.8. The van der Waals surface area contributed by atoms with E-state index in [0.717, 1.165) is 70.6 Å². The summed E-state index contributed by atoms with van der Waals surface area (Å²) >= 11 is 0. The molecule has 44 heavy (non-hydrogen) atoms. The Labute approximate surface area is 271 Å². The second-order valence-electron chi connectivity index (χ2n) is 11.5. The maximum absolute atomic E-state index is 12.3. The Hall–Kier alpha value is -2.43. The van der Waals surface area contributed by atoms with Gasteiger partial charge in [0.15, 0.2) is 0 Å². The molecule has 0 aliphatic carbocycles. The van der Waals surface area contributed by atoms with Gasteiger partial charge in [0.25, 0.3) is 0 Å². The van der Waals surface area contributed by atoms with Gasteiger partial charge >= 0.3 is 0 Å². The highest BCUT2D eigenvalue weighted by atomic mass is 16.3. The molecule has 1 amide bonds. The zero-order valence-corrected chi connectivity index (χ0v) is 28.4. The summed E-state index contributed by atoms with van der Waals surface area (Å²) in [5.74, 6) is -0.124. The van der Waals surface area contributed by atoms with Gasteiger partial charge in [-0.2, -0.15) is 0 Å². The van der Waals surface area contributed by atoms with Gasteiger partial charge in [-0.05, 0) is 83.5 Å². The predicted molar refractivity (Wildman–Crippen MR) is 193 cm³/mol. The summed E-state index contributed by atoms with van der Waals surface area (Å²) in [7, 11) is 0. The van der Waals surface area contributed by atoms with Crippen LogP contribution in [0.15, 0.2) is 85.1 Å². The lowest BCUT2D eigenvalue weighted by atomic mass is 10.1. The molecule has 0 heterocycles. The van der Waals surface area contributed by atoms with E-state index in [2.05, 4.69) is 92.1 Å². The van der Waals surface area contributed by atoms with E-state index >= 15 is 0 Å². The summed E-state index contributed by atoms with van der Waals surface area (Å²) in [4.78, 5) is 12.3. The topological polar surface area (TPSA) is 69.6 Å². The molecule has 0 aromatic carbocycles. The summed E-state index contributed by atoms with van der Waals surface area (Å²) in [5.41, 5.74) is 0. The molecule has 0 rings (SSSR count). The van der Waals surface area contributed by atoms with Crippen LogP contribution in [0.25, 0.3) is 0 Å². The lowest BCUT2D eigenvalue weighted by Gasteiger charge is -2.19. The minimum absolute atomic E-state index is 0.124. The van der Waals surface area contributed by atoms with E-state index in [1.807, 2.05) is 6.08 Å². The van der Waals surface area contributed by atoms with Crippen LogP contribution in [0.4, 0.5) is 0 Å². The average molecular weight is 610 g/mol. The first-order valence-corrected chi connectivity index (χ1v) is 17.8. The van der Waals surface area contributed by atoms with E-state index in [-0.39, 0.29) is 12.5 Å². The molecule has 3 N–H and O–H groups in total. The third kappa shape index (κ3) is 31.0. The van der Waals surface area contributed by atoms with Crippen molar-refractivity contribution in [2.75, 3.05) is 6.61 Å². The van der Waals surface area contributed by atoms with Crippen LogP contribution in [-0.4, -0.2) is 34.9 Å². The number of carbonyl (C=O) groups is 1. The predicted octanol–water partition coefficient (Wildman–Crippen LogP) is 10.6. The molecule has 4 heteroatoms. The highest BCUT2D eigenvalue weighted by Crippen LogP contribution is 2.09. The lowest BCUT2D eigenvalue weighted by molar-refractivity contribution is -0.123. The fourth-order valence-electron chi connectivity index (χ4n) is 4.61. The SMILES string of the molecule is CC/C=C\C/C=C\C/C=C\C/C=C\CCCCC(=O)NC(CO)C(O)/C=C/CC/C=C/CC/C=C/CCCCCCCCC. The highest BCUT2D eigenvalue weighted by molar-refractivity contribution is 5.76. The standard InChI is InChI=1S/C40H67NO3/c1-3-5-7-9-11-13-15-17-19-20-22-23-25-27-29-31-33-35-39(43)38(37-42)41-40(44)36-34-32-30-28-26-24-21-18-16-14-12-10-8-6-4-2/h6,8,12,14,18-21,25-28,33,35,38-39,42-43H,3-5,7,9-11,13,15-17,22-24,29-32,34,36-37H2,1-2H3,(H,41,44)/b8-6-,14-12-,20-19+,21-18-,27-25+,28-26-,35-33+. The Morgan fingerprint density at radius 1 is 0.568 bits per heavy atom. The van der Waals surface area contributed by atoms with Gasteiger partial charge in [-0.3, -0.25) is 4.79 Å². The number of rotatable bonds is 30. The van der Waals surface area contributed by atoms with Crippen molar-refractivity contribution in [2.45, 2.75) is 154 Å². The van der Waals surface area contributed by atoms with Crippen LogP contribution in [0, 0.1) is 0 Å². The molecule has 0 radical (unpaired) electrons. The van der Waals surface area contributed by atoms with Crippen LogP contribution in [-0.2, 0) is 4.79 Å². The van der Waals surface area contributed by atoms with E-state index in [1.54, 1.807) is 6.08 Å². The third-order valence-corrected chi connectivity index (χ3v) is 7.34. The quantitative estimate of drug-likeness (QED) is 0.0560. The van der Waals surface area contributed by atoms with Gasteiger partial charge in [0.05, 0.1) is 18.8 Å². The molecular formula is C40H67NO3. The Balaban J connectivity index is 3.84. The summed E-state index contributed by atoms with van der Waals surface area (Å²) in [6.07, 6.45) is 50.9. The summed E-state index contributed by atoms with van der Waals surface area (Å²) in [5, 5.41) is 22.8. The Kier molecular flexibility index (Phi) is 33.1. The molecule has 2 atom stereocenters. The number of allylic oxidation sites excluding steroid dienone is 13. The molecule has 250 valence electrons. The Bertz CT molecular complexity index is 834. The monoisotopic (exact) mass is 610 g/mol. The van der Waals surface area contributed by atoms with Gasteiger partial charge in [0.2, 0.25) is 5.91 Å². The van der Waals surface area contributed by atoms with Crippen molar-refractivity contribution >= 4 is 5.91 Å².